The maximum atomic E-state index is 6.52. The molecule has 2 aliphatic rings. The van der Waals surface area contributed by atoms with Crippen molar-refractivity contribution in [1.82, 2.24) is 0 Å². The lowest BCUT2D eigenvalue weighted by Gasteiger charge is -2.38. The Balaban J connectivity index is 1.70. The second-order valence-electron chi connectivity index (χ2n) is 6.75. The number of para-hydroxylation sites is 1. The Bertz CT molecular complexity index is 954. The molecule has 0 saturated carbocycles. The minimum atomic E-state index is 0.281. The molecule has 0 fully saturated rings. The molecule has 3 atom stereocenters. The van der Waals surface area contributed by atoms with Gasteiger partial charge in [0.1, 0.15) is 0 Å². The second-order valence-corrected chi connectivity index (χ2v) is 7.16. The Hall–Kier alpha value is -2.25. The number of allylic oxidation sites excluding steroid dienone is 2. The van der Waals surface area contributed by atoms with Gasteiger partial charge in [0.05, 0.1) is 16.8 Å². The Morgan fingerprint density at radius 2 is 1.67 bits per heavy atom. The van der Waals surface area contributed by atoms with E-state index in [9.17, 15) is 0 Å². The van der Waals surface area contributed by atoms with Crippen molar-refractivity contribution in [3.05, 3.63) is 89.0 Å². The Morgan fingerprint density at radius 1 is 0.875 bits per heavy atom. The van der Waals surface area contributed by atoms with Crippen LogP contribution in [0.1, 0.15) is 29.5 Å². The van der Waals surface area contributed by atoms with Gasteiger partial charge in [-0.15, -0.1) is 0 Å². The van der Waals surface area contributed by atoms with Crippen LogP contribution in [0.5, 0.6) is 0 Å². The highest BCUT2D eigenvalue weighted by molar-refractivity contribution is 6.33. The number of hydrogen-bond donors (Lipinski definition) is 1. The summed E-state index contributed by atoms with van der Waals surface area (Å²) in [5.74, 6) is 0.991. The van der Waals surface area contributed by atoms with Crippen LogP contribution in [0, 0.1) is 5.92 Å². The molecule has 0 saturated heterocycles. The summed E-state index contributed by atoms with van der Waals surface area (Å²) in [6.45, 7) is 0. The molecule has 0 bridgehead atoms. The third-order valence-corrected chi connectivity index (χ3v) is 5.82. The summed E-state index contributed by atoms with van der Waals surface area (Å²) >= 11 is 6.52. The first-order valence-electron chi connectivity index (χ1n) is 8.52. The minimum absolute atomic E-state index is 0.281. The number of halogens is 1. The van der Waals surface area contributed by atoms with Crippen LogP contribution in [0.4, 0.5) is 5.69 Å². The fourth-order valence-corrected chi connectivity index (χ4v) is 4.65. The quantitative estimate of drug-likeness (QED) is 0.514. The van der Waals surface area contributed by atoms with E-state index in [2.05, 4.69) is 72.1 Å². The third-order valence-electron chi connectivity index (χ3n) is 5.50. The third kappa shape index (κ3) is 2.01. The minimum Gasteiger partial charge on any atom is -0.376 e. The molecule has 3 aromatic carbocycles. The largest absolute Gasteiger partial charge is 0.376 e. The van der Waals surface area contributed by atoms with Crippen molar-refractivity contribution in [2.75, 3.05) is 5.32 Å². The van der Waals surface area contributed by atoms with Crippen LogP contribution in [0.3, 0.4) is 0 Å². The van der Waals surface area contributed by atoms with Crippen molar-refractivity contribution in [3.8, 4) is 0 Å². The summed E-state index contributed by atoms with van der Waals surface area (Å²) in [6, 6.07) is 21.8. The molecular weight excluding hydrogens is 314 g/mol. The molecule has 0 unspecified atom stereocenters. The summed E-state index contributed by atoms with van der Waals surface area (Å²) < 4.78 is 0. The molecule has 0 amide bonds. The van der Waals surface area contributed by atoms with E-state index in [1.807, 2.05) is 6.07 Å². The molecule has 24 heavy (non-hydrogen) atoms. The summed E-state index contributed by atoms with van der Waals surface area (Å²) in [6.07, 6.45) is 5.79. The van der Waals surface area contributed by atoms with Crippen molar-refractivity contribution in [2.45, 2.75) is 18.4 Å². The van der Waals surface area contributed by atoms with Crippen LogP contribution < -0.4 is 5.32 Å². The van der Waals surface area contributed by atoms with E-state index in [1.165, 1.54) is 21.9 Å². The van der Waals surface area contributed by atoms with Crippen LogP contribution in [0.2, 0.25) is 5.02 Å². The summed E-state index contributed by atoms with van der Waals surface area (Å²) in [5, 5.41) is 7.22. The Morgan fingerprint density at radius 3 is 2.62 bits per heavy atom. The summed E-state index contributed by atoms with van der Waals surface area (Å²) in [5.41, 5.74) is 3.81. The predicted octanol–water partition coefficient (Wildman–Crippen LogP) is 6.32. The molecule has 1 N–H and O–H groups in total. The standard InChI is InChI=1S/C22H18ClN/c23-20-13-5-12-19-16-9-4-11-18(16)21(24-22(19)20)17-10-3-7-14-6-1-2-8-15(14)17/h1-10,12-13,16,18,21,24H,11H2/t16-,18+,21+/m1/s1. The van der Waals surface area contributed by atoms with Crippen LogP contribution in [-0.4, -0.2) is 0 Å². The fraction of sp³-hybridized carbons (Fsp3) is 0.182. The maximum Gasteiger partial charge on any atom is 0.0640 e. The highest BCUT2D eigenvalue weighted by atomic mass is 35.5. The van der Waals surface area contributed by atoms with E-state index < -0.39 is 0 Å². The van der Waals surface area contributed by atoms with Gasteiger partial charge >= 0.3 is 0 Å². The second kappa shape index (κ2) is 5.39. The van der Waals surface area contributed by atoms with Gasteiger partial charge in [-0.05, 0) is 40.3 Å². The predicted molar refractivity (Wildman–Crippen MR) is 102 cm³/mol. The number of hydrogen-bond acceptors (Lipinski definition) is 1. The smallest absolute Gasteiger partial charge is 0.0640 e. The van der Waals surface area contributed by atoms with Gasteiger partial charge in [-0.25, -0.2) is 0 Å². The molecular formula is C22H18ClN. The lowest BCUT2D eigenvalue weighted by molar-refractivity contribution is 0.427. The van der Waals surface area contributed by atoms with Crippen molar-refractivity contribution >= 4 is 28.1 Å². The zero-order valence-corrected chi connectivity index (χ0v) is 14.0. The zero-order valence-electron chi connectivity index (χ0n) is 13.2. The van der Waals surface area contributed by atoms with E-state index in [4.69, 9.17) is 11.6 Å². The average Bonchev–Trinajstić information content (AvgIpc) is 3.11. The van der Waals surface area contributed by atoms with Crippen molar-refractivity contribution in [3.63, 3.8) is 0 Å². The molecule has 1 aliphatic heterocycles. The molecule has 1 aliphatic carbocycles. The topological polar surface area (TPSA) is 12.0 Å². The molecule has 3 aromatic rings. The number of nitrogens with one attached hydrogen (secondary N) is 1. The van der Waals surface area contributed by atoms with Gasteiger partial charge in [0.2, 0.25) is 0 Å². The van der Waals surface area contributed by atoms with E-state index in [0.717, 1.165) is 17.1 Å². The molecule has 1 heterocycles. The highest BCUT2D eigenvalue weighted by Gasteiger charge is 2.38. The molecule has 5 rings (SSSR count). The van der Waals surface area contributed by atoms with E-state index in [-0.39, 0.29) is 6.04 Å². The average molecular weight is 332 g/mol. The number of fused-ring (bicyclic) bond motifs is 4. The normalized spacial score (nSPS) is 24.5. The molecule has 0 radical (unpaired) electrons. The lowest BCUT2D eigenvalue weighted by atomic mass is 9.76. The Kier molecular flexibility index (Phi) is 3.17. The van der Waals surface area contributed by atoms with Crippen molar-refractivity contribution in [2.24, 2.45) is 5.92 Å². The fourth-order valence-electron chi connectivity index (χ4n) is 4.41. The van der Waals surface area contributed by atoms with Crippen molar-refractivity contribution < 1.29 is 0 Å². The number of anilines is 1. The molecule has 118 valence electrons. The van der Waals surface area contributed by atoms with Gasteiger partial charge in [-0.2, -0.15) is 0 Å². The highest BCUT2D eigenvalue weighted by Crippen LogP contribution is 2.52. The molecule has 0 spiro atoms. The summed E-state index contributed by atoms with van der Waals surface area (Å²) in [7, 11) is 0. The van der Waals surface area contributed by atoms with Crippen molar-refractivity contribution in [1.29, 1.82) is 0 Å². The molecule has 0 aromatic heterocycles. The first-order valence-corrected chi connectivity index (χ1v) is 8.90. The van der Waals surface area contributed by atoms with Crippen LogP contribution in [0.25, 0.3) is 10.8 Å². The summed E-state index contributed by atoms with van der Waals surface area (Å²) in [4.78, 5) is 0. The van der Waals surface area contributed by atoms with Gasteiger partial charge < -0.3 is 5.32 Å². The molecule has 2 heteroatoms. The maximum absolute atomic E-state index is 6.52. The number of benzene rings is 3. The van der Waals surface area contributed by atoms with Crippen LogP contribution in [-0.2, 0) is 0 Å². The monoisotopic (exact) mass is 331 g/mol. The van der Waals surface area contributed by atoms with E-state index >= 15 is 0 Å². The first kappa shape index (κ1) is 14.1. The van der Waals surface area contributed by atoms with Gasteiger partial charge in [0.25, 0.3) is 0 Å². The van der Waals surface area contributed by atoms with E-state index in [0.29, 0.717) is 11.8 Å². The SMILES string of the molecule is Clc1cccc2c1N[C@@H](c1cccc3ccccc13)[C@H]1CC=C[C@@H]21. The lowest BCUT2D eigenvalue weighted by Crippen LogP contribution is -2.29. The van der Waals surface area contributed by atoms with E-state index in [1.54, 1.807) is 0 Å². The zero-order chi connectivity index (χ0) is 16.1. The molecule has 1 nitrogen and oxygen atoms in total. The number of rotatable bonds is 1. The van der Waals surface area contributed by atoms with Gasteiger partial charge in [0.15, 0.2) is 0 Å². The Labute approximate surface area is 147 Å². The van der Waals surface area contributed by atoms with Gasteiger partial charge in [-0.1, -0.05) is 78.4 Å². The van der Waals surface area contributed by atoms with Gasteiger partial charge in [-0.3, -0.25) is 0 Å². The van der Waals surface area contributed by atoms with Gasteiger partial charge in [0, 0.05) is 5.92 Å². The first-order chi connectivity index (χ1) is 11.8. The van der Waals surface area contributed by atoms with Crippen LogP contribution >= 0.6 is 11.6 Å². The van der Waals surface area contributed by atoms with Crippen LogP contribution in [0.15, 0.2) is 72.8 Å².